The van der Waals surface area contributed by atoms with Crippen LogP contribution in [0.4, 0.5) is 0 Å². The number of rotatable bonds is 2. The summed E-state index contributed by atoms with van der Waals surface area (Å²) in [6.45, 7) is 6.26. The second kappa shape index (κ2) is 5.70. The Morgan fingerprint density at radius 3 is 1.42 bits per heavy atom. The van der Waals surface area contributed by atoms with E-state index in [1.807, 2.05) is 0 Å². The number of nitrogens with zero attached hydrogens (tertiary/aromatic N) is 2. The molecule has 0 saturated carbocycles. The van der Waals surface area contributed by atoms with Gasteiger partial charge in [-0.05, 0) is 50.2 Å². The van der Waals surface area contributed by atoms with Crippen molar-refractivity contribution in [3.63, 3.8) is 0 Å². The number of aromatic amines is 2. The molecule has 0 spiro atoms. The maximum absolute atomic E-state index is 3.63. The maximum Gasteiger partial charge on any atom is 0.0672 e. The second-order valence-corrected chi connectivity index (χ2v) is 6.66. The molecule has 2 N–H and O–H groups in total. The first-order valence-corrected chi connectivity index (χ1v) is 9.25. The second-order valence-electron chi connectivity index (χ2n) is 6.66. The molecule has 130 valence electrons. The van der Waals surface area contributed by atoms with Crippen LogP contribution >= 0.6 is 0 Å². The van der Waals surface area contributed by atoms with E-state index in [-0.39, 0.29) is 0 Å². The molecule has 2 aromatic heterocycles. The summed E-state index contributed by atoms with van der Waals surface area (Å²) in [5.41, 5.74) is 9.52. The molecule has 4 nitrogen and oxygen atoms in total. The monoisotopic (exact) mass is 342 g/mol. The Balaban J connectivity index is 2.00. The van der Waals surface area contributed by atoms with Crippen LogP contribution < -0.4 is 0 Å². The number of aromatic nitrogens is 4. The van der Waals surface area contributed by atoms with Gasteiger partial charge in [0.05, 0.1) is 44.1 Å². The highest BCUT2D eigenvalue weighted by Gasteiger charge is 2.10. The summed E-state index contributed by atoms with van der Waals surface area (Å²) >= 11 is 0. The van der Waals surface area contributed by atoms with Crippen LogP contribution in [0.3, 0.4) is 0 Å². The van der Waals surface area contributed by atoms with E-state index in [4.69, 9.17) is 0 Å². The number of hydrogen-bond donors (Lipinski definition) is 2. The van der Waals surface area contributed by atoms with Gasteiger partial charge in [-0.25, -0.2) is 0 Å². The summed E-state index contributed by atoms with van der Waals surface area (Å²) < 4.78 is 4.75. The largest absolute Gasteiger partial charge is 0.352 e. The van der Waals surface area contributed by atoms with Crippen molar-refractivity contribution in [2.24, 2.45) is 0 Å². The number of fused-ring (bicyclic) bond motifs is 4. The van der Waals surface area contributed by atoms with Crippen molar-refractivity contribution in [2.45, 2.75) is 26.9 Å². The minimum Gasteiger partial charge on any atom is -0.352 e. The molecule has 0 saturated heterocycles. The number of nitrogens with one attached hydrogen (secondary N) is 2. The third-order valence-corrected chi connectivity index (χ3v) is 5.26. The predicted molar refractivity (Wildman–Crippen MR) is 110 cm³/mol. The molecular formula is C22H22N4. The fourth-order valence-corrected chi connectivity index (χ4v) is 4.08. The molecule has 0 radical (unpaired) electrons. The zero-order valence-electron chi connectivity index (χ0n) is 15.1. The molecule has 4 heteroatoms. The van der Waals surface area contributed by atoms with Crippen molar-refractivity contribution in [3.8, 4) is 0 Å². The average Bonchev–Trinajstić information content (AvgIpc) is 2.68. The number of aryl methyl sites for hydroxylation is 2. The van der Waals surface area contributed by atoms with Crippen LogP contribution in [0, 0.1) is 0 Å². The summed E-state index contributed by atoms with van der Waals surface area (Å²) in [6.07, 6.45) is 0. The Labute approximate surface area is 151 Å². The Morgan fingerprint density at radius 1 is 0.577 bits per heavy atom. The van der Waals surface area contributed by atoms with Gasteiger partial charge in [-0.15, -0.1) is 0 Å². The summed E-state index contributed by atoms with van der Waals surface area (Å²) in [5, 5.41) is 0. The Kier molecular flexibility index (Phi) is 3.32. The Bertz CT molecular complexity index is 1200. The molecule has 0 unspecified atom stereocenters. The van der Waals surface area contributed by atoms with E-state index in [1.54, 1.807) is 0 Å². The van der Waals surface area contributed by atoms with Crippen LogP contribution in [0.25, 0.3) is 44.1 Å². The molecule has 0 aliphatic carbocycles. The summed E-state index contributed by atoms with van der Waals surface area (Å²) in [4.78, 5) is 7.25. The number of hydrogen-bond acceptors (Lipinski definition) is 0. The van der Waals surface area contributed by atoms with Gasteiger partial charge in [0.25, 0.3) is 0 Å². The Hall–Kier alpha value is -3.14. The molecule has 0 fully saturated rings. The van der Waals surface area contributed by atoms with Crippen LogP contribution in [-0.4, -0.2) is 19.1 Å². The van der Waals surface area contributed by atoms with Gasteiger partial charge in [0.1, 0.15) is 0 Å². The van der Waals surface area contributed by atoms with E-state index in [0.717, 1.165) is 35.2 Å². The molecule has 5 rings (SSSR count). The van der Waals surface area contributed by atoms with Crippen molar-refractivity contribution in [1.82, 2.24) is 19.1 Å². The molecule has 0 aliphatic heterocycles. The lowest BCUT2D eigenvalue weighted by atomic mass is 10.2. The van der Waals surface area contributed by atoms with E-state index >= 15 is 0 Å². The zero-order valence-corrected chi connectivity index (χ0v) is 15.1. The van der Waals surface area contributed by atoms with Crippen molar-refractivity contribution in [3.05, 3.63) is 60.7 Å². The first-order chi connectivity index (χ1) is 12.8. The summed E-state index contributed by atoms with van der Waals surface area (Å²) in [5.74, 6) is 0. The first kappa shape index (κ1) is 15.1. The number of para-hydroxylation sites is 4. The predicted octanol–water partition coefficient (Wildman–Crippen LogP) is 5.72. The third kappa shape index (κ3) is 2.08. The van der Waals surface area contributed by atoms with Crippen LogP contribution in [0.15, 0.2) is 60.7 Å². The number of H-pyrrole nitrogens is 2. The van der Waals surface area contributed by atoms with Gasteiger partial charge in [-0.3, -0.25) is 0 Å². The molecule has 26 heavy (non-hydrogen) atoms. The molecule has 0 amide bonds. The summed E-state index contributed by atoms with van der Waals surface area (Å²) in [7, 11) is 0. The highest BCUT2D eigenvalue weighted by Crippen LogP contribution is 2.27. The van der Waals surface area contributed by atoms with Gasteiger partial charge >= 0.3 is 0 Å². The van der Waals surface area contributed by atoms with Crippen LogP contribution in [0.5, 0.6) is 0 Å². The van der Waals surface area contributed by atoms with E-state index < -0.39 is 0 Å². The van der Waals surface area contributed by atoms with Crippen LogP contribution in [-0.2, 0) is 13.1 Å². The standard InChI is InChI=1S/C22H22N4/c1-3-25-19-11-7-5-9-15(19)23-17-14-22-18(13-21(17)25)24-16-10-6-8-12-20(16)26(22)4-2/h5-14,23-24H,3-4H2,1-2H3. The lowest BCUT2D eigenvalue weighted by Crippen LogP contribution is -2.05. The highest BCUT2D eigenvalue weighted by molar-refractivity contribution is 5.98. The van der Waals surface area contributed by atoms with Crippen molar-refractivity contribution >= 4 is 44.1 Å². The van der Waals surface area contributed by atoms with Crippen molar-refractivity contribution in [1.29, 1.82) is 0 Å². The smallest absolute Gasteiger partial charge is 0.0672 e. The van der Waals surface area contributed by atoms with E-state index in [9.17, 15) is 0 Å². The molecular weight excluding hydrogens is 320 g/mol. The average molecular weight is 342 g/mol. The molecule has 2 heterocycles. The highest BCUT2D eigenvalue weighted by atomic mass is 15.0. The van der Waals surface area contributed by atoms with Crippen molar-refractivity contribution < 1.29 is 0 Å². The third-order valence-electron chi connectivity index (χ3n) is 5.26. The molecule has 0 atom stereocenters. The quantitative estimate of drug-likeness (QED) is 0.385. The minimum atomic E-state index is 0.929. The van der Waals surface area contributed by atoms with Crippen LogP contribution in [0.2, 0.25) is 0 Å². The van der Waals surface area contributed by atoms with Gasteiger partial charge in [0.2, 0.25) is 0 Å². The van der Waals surface area contributed by atoms with Crippen LogP contribution in [0.1, 0.15) is 13.8 Å². The van der Waals surface area contributed by atoms with E-state index in [0.29, 0.717) is 0 Å². The lowest BCUT2D eigenvalue weighted by Gasteiger charge is -2.18. The van der Waals surface area contributed by atoms with Gasteiger partial charge in [0, 0.05) is 13.1 Å². The van der Waals surface area contributed by atoms with E-state index in [1.165, 1.54) is 22.1 Å². The number of benzene rings is 3. The normalized spacial score (nSPS) is 11.8. The van der Waals surface area contributed by atoms with Gasteiger partial charge < -0.3 is 19.1 Å². The molecule has 5 aromatic rings. The lowest BCUT2D eigenvalue weighted by molar-refractivity contribution is 0.813. The minimum absolute atomic E-state index is 0.929. The Morgan fingerprint density at radius 2 is 1.00 bits per heavy atom. The zero-order chi connectivity index (χ0) is 17.7. The topological polar surface area (TPSA) is 41.4 Å². The molecule has 0 aliphatic rings. The molecule has 0 bridgehead atoms. The van der Waals surface area contributed by atoms with E-state index in [2.05, 4.69) is 93.6 Å². The maximum atomic E-state index is 3.63. The molecule has 3 aromatic carbocycles. The fourth-order valence-electron chi connectivity index (χ4n) is 4.08. The fraction of sp³-hybridized carbons (Fsp3) is 0.182. The van der Waals surface area contributed by atoms with Gasteiger partial charge in [-0.1, -0.05) is 24.3 Å². The van der Waals surface area contributed by atoms with Gasteiger partial charge in [-0.2, -0.15) is 0 Å². The van der Waals surface area contributed by atoms with Gasteiger partial charge in [0.15, 0.2) is 0 Å². The van der Waals surface area contributed by atoms with Crippen molar-refractivity contribution in [2.75, 3.05) is 0 Å². The SMILES string of the molecule is CCn1c2ccccc2[nH]c2cc3c(cc21)[nH]c1ccccc1n3CC. The first-order valence-electron chi connectivity index (χ1n) is 9.25. The summed E-state index contributed by atoms with van der Waals surface area (Å²) in [6, 6.07) is 21.5.